The van der Waals surface area contributed by atoms with Crippen LogP contribution >= 0.6 is 23.2 Å². The highest BCUT2D eigenvalue weighted by atomic mass is 35.5. The number of piperazine rings is 1. The van der Waals surface area contributed by atoms with Crippen molar-refractivity contribution in [1.29, 1.82) is 0 Å². The molecule has 5 rings (SSSR count). The summed E-state index contributed by atoms with van der Waals surface area (Å²) >= 11 is 12.3. The maximum absolute atomic E-state index is 14.0. The molecule has 0 unspecified atom stereocenters. The Balaban J connectivity index is 0.00000387. The van der Waals surface area contributed by atoms with Crippen molar-refractivity contribution in [1.82, 2.24) is 20.1 Å². The number of piperidine rings is 1. The number of hydrogen-bond acceptors (Lipinski definition) is 5. The van der Waals surface area contributed by atoms with Crippen molar-refractivity contribution in [2.24, 2.45) is 0 Å². The van der Waals surface area contributed by atoms with Gasteiger partial charge in [0.15, 0.2) is 0 Å². The summed E-state index contributed by atoms with van der Waals surface area (Å²) in [6.45, 7) is 5.71. The highest BCUT2D eigenvalue weighted by molar-refractivity contribution is 6.33. The fraction of sp³-hybridized carbons (Fsp3) is 0.379. The molecule has 2 aliphatic heterocycles. The minimum absolute atomic E-state index is 0. The zero-order valence-corrected chi connectivity index (χ0v) is 23.4. The lowest BCUT2D eigenvalue weighted by Crippen LogP contribution is -2.53. The minimum atomic E-state index is -0.554. The smallest absolute Gasteiger partial charge is 0.253 e. The van der Waals surface area contributed by atoms with Gasteiger partial charge in [-0.15, -0.1) is 0 Å². The Morgan fingerprint density at radius 2 is 1.68 bits per heavy atom. The molecule has 0 aliphatic carbocycles. The lowest BCUT2D eigenvalue weighted by molar-refractivity contribution is 0.0950. The van der Waals surface area contributed by atoms with Crippen LogP contribution in [0.25, 0.3) is 0 Å². The number of pyridine rings is 1. The van der Waals surface area contributed by atoms with Crippen LogP contribution in [-0.4, -0.2) is 66.0 Å². The second-order valence-electron chi connectivity index (χ2n) is 10.2. The summed E-state index contributed by atoms with van der Waals surface area (Å²) in [5.41, 5.74) is 1.55. The van der Waals surface area contributed by atoms with E-state index in [0.29, 0.717) is 40.1 Å². The third-order valence-electron chi connectivity index (χ3n) is 7.62. The molecule has 40 heavy (non-hydrogen) atoms. The fourth-order valence-corrected chi connectivity index (χ4v) is 5.84. The van der Waals surface area contributed by atoms with Crippen LogP contribution < -0.4 is 10.2 Å². The Labute approximate surface area is 243 Å². The van der Waals surface area contributed by atoms with Crippen molar-refractivity contribution in [3.8, 4) is 0 Å². The van der Waals surface area contributed by atoms with Gasteiger partial charge in [0, 0.05) is 64.6 Å². The number of likely N-dealkylation sites (tertiary alicyclic amines) is 1. The SMILES string of the molecule is O=C(NCc1ccc(F)c(Cl)c1)c1cnc(N2CCN(C3CCN(Cc4ccc(F)cc4F)CC3)CC2)c(Cl)c1.[HH]. The Morgan fingerprint density at radius 1 is 0.925 bits per heavy atom. The molecule has 0 radical (unpaired) electrons. The number of rotatable bonds is 7. The summed E-state index contributed by atoms with van der Waals surface area (Å²) in [6, 6.07) is 10.2. The van der Waals surface area contributed by atoms with E-state index in [-0.39, 0.29) is 18.9 Å². The van der Waals surface area contributed by atoms with E-state index in [4.69, 9.17) is 23.2 Å². The molecule has 1 aromatic heterocycles. The molecule has 0 saturated carbocycles. The van der Waals surface area contributed by atoms with Gasteiger partial charge in [0.2, 0.25) is 0 Å². The second kappa shape index (κ2) is 12.8. The number of aromatic nitrogens is 1. The number of nitrogens with zero attached hydrogens (tertiary/aromatic N) is 4. The molecule has 2 fully saturated rings. The summed E-state index contributed by atoms with van der Waals surface area (Å²) in [5, 5.41) is 3.19. The van der Waals surface area contributed by atoms with Gasteiger partial charge in [0.1, 0.15) is 23.3 Å². The molecule has 3 aromatic rings. The first-order valence-electron chi connectivity index (χ1n) is 13.3. The first-order valence-corrected chi connectivity index (χ1v) is 14.1. The van der Waals surface area contributed by atoms with Gasteiger partial charge >= 0.3 is 0 Å². The predicted molar refractivity (Wildman–Crippen MR) is 152 cm³/mol. The lowest BCUT2D eigenvalue weighted by atomic mass is 10.0. The van der Waals surface area contributed by atoms with Crippen molar-refractivity contribution >= 4 is 34.9 Å². The van der Waals surface area contributed by atoms with Crippen molar-refractivity contribution in [3.05, 3.63) is 92.8 Å². The zero-order valence-electron chi connectivity index (χ0n) is 21.9. The quantitative estimate of drug-likeness (QED) is 0.377. The third-order valence-corrected chi connectivity index (χ3v) is 8.19. The van der Waals surface area contributed by atoms with E-state index in [9.17, 15) is 18.0 Å². The Morgan fingerprint density at radius 3 is 2.35 bits per heavy atom. The Hall–Kier alpha value is -2.85. The number of halogens is 5. The molecule has 0 bridgehead atoms. The molecule has 2 aromatic carbocycles. The number of nitrogens with one attached hydrogen (secondary N) is 1. The summed E-state index contributed by atoms with van der Waals surface area (Å²) in [4.78, 5) is 23.9. The van der Waals surface area contributed by atoms with E-state index in [1.165, 1.54) is 30.5 Å². The molecule has 11 heteroatoms. The summed E-state index contributed by atoms with van der Waals surface area (Å²) in [6.07, 6.45) is 3.51. The van der Waals surface area contributed by atoms with E-state index >= 15 is 0 Å². The first-order chi connectivity index (χ1) is 19.3. The molecule has 6 nitrogen and oxygen atoms in total. The molecule has 0 atom stereocenters. The van der Waals surface area contributed by atoms with Gasteiger partial charge in [-0.3, -0.25) is 14.6 Å². The Bertz CT molecular complexity index is 1370. The van der Waals surface area contributed by atoms with Gasteiger partial charge in [0.25, 0.3) is 5.91 Å². The fourth-order valence-electron chi connectivity index (χ4n) is 5.35. The normalized spacial score (nSPS) is 17.3. The lowest BCUT2D eigenvalue weighted by Gasteiger charge is -2.43. The largest absolute Gasteiger partial charge is 0.353 e. The number of amides is 1. The van der Waals surface area contributed by atoms with E-state index in [2.05, 4.69) is 25.0 Å². The average Bonchev–Trinajstić information content (AvgIpc) is 2.95. The topological polar surface area (TPSA) is 51.7 Å². The van der Waals surface area contributed by atoms with Crippen LogP contribution in [0.4, 0.5) is 19.0 Å². The highest BCUT2D eigenvalue weighted by Gasteiger charge is 2.29. The number of benzene rings is 2. The second-order valence-corrected chi connectivity index (χ2v) is 11.0. The number of anilines is 1. The zero-order chi connectivity index (χ0) is 28.2. The monoisotopic (exact) mass is 593 g/mol. The maximum Gasteiger partial charge on any atom is 0.253 e. The van der Waals surface area contributed by atoms with E-state index in [1.807, 2.05) is 0 Å². The molecule has 3 heterocycles. The van der Waals surface area contributed by atoms with Crippen LogP contribution in [0.2, 0.25) is 10.0 Å². The molecule has 1 N–H and O–H groups in total. The Kier molecular flexibility index (Phi) is 9.15. The van der Waals surface area contributed by atoms with Gasteiger partial charge in [-0.05, 0) is 55.8 Å². The highest BCUT2D eigenvalue weighted by Crippen LogP contribution is 2.27. The van der Waals surface area contributed by atoms with Crippen molar-refractivity contribution in [2.45, 2.75) is 32.0 Å². The third kappa shape index (κ3) is 6.89. The van der Waals surface area contributed by atoms with Crippen LogP contribution in [0, 0.1) is 17.5 Å². The van der Waals surface area contributed by atoms with Crippen molar-refractivity contribution in [2.75, 3.05) is 44.2 Å². The number of hydrogen-bond donors (Lipinski definition) is 1. The van der Waals surface area contributed by atoms with Crippen molar-refractivity contribution in [3.63, 3.8) is 0 Å². The number of carbonyl (C=O) groups excluding carboxylic acids is 1. The minimum Gasteiger partial charge on any atom is -0.353 e. The molecule has 0 spiro atoms. The predicted octanol–water partition coefficient (Wildman–Crippen LogP) is 5.77. The molecule has 1 amide bonds. The molecule has 214 valence electrons. The standard InChI is InChI=1S/C29H30Cl2F3N5O.H2/c30-24-13-19(1-4-26(24)33)16-36-29(40)21-14-25(31)28(35-17-21)39-11-9-38(10-12-39)23-5-7-37(8-6-23)18-20-2-3-22(32)15-27(20)34;/h1-4,13-15,17,23H,5-12,16,18H2,(H,36,40);1H. The van der Waals surface area contributed by atoms with Crippen LogP contribution in [0.1, 0.15) is 35.8 Å². The van der Waals surface area contributed by atoms with Crippen LogP contribution in [0.3, 0.4) is 0 Å². The van der Waals surface area contributed by atoms with Crippen molar-refractivity contribution < 1.29 is 19.4 Å². The first kappa shape index (κ1) is 28.7. The summed E-state index contributed by atoms with van der Waals surface area (Å²) in [7, 11) is 0. The van der Waals surface area contributed by atoms with Gasteiger partial charge in [-0.25, -0.2) is 18.2 Å². The van der Waals surface area contributed by atoms with Crippen LogP contribution in [0.15, 0.2) is 48.7 Å². The molecule has 2 aliphatic rings. The number of carbonyl (C=O) groups is 1. The van der Waals surface area contributed by atoms with Gasteiger partial charge in [-0.2, -0.15) is 0 Å². The van der Waals surface area contributed by atoms with E-state index < -0.39 is 17.5 Å². The van der Waals surface area contributed by atoms with E-state index in [1.54, 1.807) is 12.1 Å². The average molecular weight is 595 g/mol. The maximum atomic E-state index is 14.0. The van der Waals surface area contributed by atoms with Crippen LogP contribution in [-0.2, 0) is 13.1 Å². The van der Waals surface area contributed by atoms with E-state index in [0.717, 1.165) is 58.2 Å². The summed E-state index contributed by atoms with van der Waals surface area (Å²) < 4.78 is 40.6. The molecular formula is C29H32Cl2F3N5O. The van der Waals surface area contributed by atoms with Gasteiger partial charge < -0.3 is 10.2 Å². The van der Waals surface area contributed by atoms with Gasteiger partial charge in [0.05, 0.1) is 15.6 Å². The van der Waals surface area contributed by atoms with Crippen LogP contribution in [0.5, 0.6) is 0 Å². The summed E-state index contributed by atoms with van der Waals surface area (Å²) in [5.74, 6) is -1.24. The molecule has 2 saturated heterocycles. The molecular weight excluding hydrogens is 562 g/mol. The van der Waals surface area contributed by atoms with Gasteiger partial charge in [-0.1, -0.05) is 35.3 Å².